The van der Waals surface area contributed by atoms with Crippen molar-refractivity contribution in [1.82, 2.24) is 19.7 Å². The lowest BCUT2D eigenvalue weighted by molar-refractivity contribution is 0.0985. The predicted octanol–water partition coefficient (Wildman–Crippen LogP) is 5.00. The van der Waals surface area contributed by atoms with Gasteiger partial charge >= 0.3 is 6.03 Å². The Balaban J connectivity index is 1.34. The molecule has 1 aliphatic carbocycles. The maximum absolute atomic E-state index is 13.9. The highest BCUT2D eigenvalue weighted by Gasteiger charge is 2.58. The lowest BCUT2D eigenvalue weighted by atomic mass is 10.1. The van der Waals surface area contributed by atoms with Crippen LogP contribution in [0.2, 0.25) is 5.02 Å². The Morgan fingerprint density at radius 3 is 2.49 bits per heavy atom. The average molecular weight is 626 g/mol. The van der Waals surface area contributed by atoms with Crippen LogP contribution in [0.15, 0.2) is 65.8 Å². The van der Waals surface area contributed by atoms with E-state index in [-0.39, 0.29) is 16.0 Å². The van der Waals surface area contributed by atoms with Gasteiger partial charge in [-0.15, -0.1) is 0 Å². The number of amides is 2. The normalized spacial score (nSPS) is 17.9. The molecule has 2 N–H and O–H groups in total. The lowest BCUT2D eigenvalue weighted by Gasteiger charge is -2.34. The number of hydrogen-bond acceptors (Lipinski definition) is 8. The molecule has 43 heavy (non-hydrogen) atoms. The summed E-state index contributed by atoms with van der Waals surface area (Å²) >= 11 is 5.95. The van der Waals surface area contributed by atoms with Crippen LogP contribution in [0.4, 0.5) is 26.4 Å². The van der Waals surface area contributed by atoms with Crippen LogP contribution in [0.3, 0.4) is 0 Å². The summed E-state index contributed by atoms with van der Waals surface area (Å²) in [6.45, 7) is 3.62. The molecule has 11 nitrogen and oxygen atoms in total. The molecule has 1 aliphatic heterocycles. The second-order valence-corrected chi connectivity index (χ2v) is 13.4. The number of aromatic nitrogens is 4. The smallest absolute Gasteiger partial charge is 0.323 e. The Hall–Kier alpha value is -4.07. The zero-order valence-electron chi connectivity index (χ0n) is 23.4. The van der Waals surface area contributed by atoms with Crippen LogP contribution in [0, 0.1) is 5.82 Å². The van der Waals surface area contributed by atoms with Crippen molar-refractivity contribution in [2.75, 3.05) is 35.3 Å². The number of nitrogens with one attached hydrogen (secondary N) is 2. The van der Waals surface area contributed by atoms with E-state index in [9.17, 15) is 17.6 Å². The van der Waals surface area contributed by atoms with Gasteiger partial charge in [-0.1, -0.05) is 11.6 Å². The van der Waals surface area contributed by atoms with Crippen molar-refractivity contribution in [2.24, 2.45) is 7.05 Å². The fourth-order valence-corrected chi connectivity index (χ4v) is 7.38. The molecule has 0 bridgehead atoms. The van der Waals surface area contributed by atoms with E-state index in [2.05, 4.69) is 20.6 Å². The van der Waals surface area contributed by atoms with Crippen molar-refractivity contribution >= 4 is 44.7 Å². The van der Waals surface area contributed by atoms with Gasteiger partial charge in [0, 0.05) is 37.1 Å². The number of rotatable bonds is 7. The van der Waals surface area contributed by atoms with Crippen LogP contribution in [-0.2, 0) is 26.4 Å². The summed E-state index contributed by atoms with van der Waals surface area (Å²) in [7, 11) is -2.22. The van der Waals surface area contributed by atoms with Crippen LogP contribution in [-0.4, -0.2) is 60.0 Å². The van der Waals surface area contributed by atoms with Gasteiger partial charge in [-0.2, -0.15) is 5.10 Å². The van der Waals surface area contributed by atoms with Crippen molar-refractivity contribution in [3.8, 4) is 11.4 Å². The molecule has 0 unspecified atom stereocenters. The second kappa shape index (κ2) is 11.2. The molecule has 0 radical (unpaired) electrons. The first-order chi connectivity index (χ1) is 20.6. The maximum atomic E-state index is 13.9. The van der Waals surface area contributed by atoms with E-state index in [0.29, 0.717) is 66.9 Å². The molecule has 1 saturated carbocycles. The molecule has 1 saturated heterocycles. The lowest BCUT2D eigenvalue weighted by Crippen LogP contribution is -2.44. The Morgan fingerprint density at radius 1 is 1.09 bits per heavy atom. The summed E-state index contributed by atoms with van der Waals surface area (Å²) in [4.78, 5) is 24.1. The largest absolute Gasteiger partial charge is 0.377 e. The second-order valence-electron chi connectivity index (χ2n) is 10.7. The molecular formula is C29H29ClFN7O4S. The number of morpholine rings is 1. The molecule has 6 rings (SSSR count). The molecule has 4 aromatic rings. The van der Waals surface area contributed by atoms with Crippen molar-refractivity contribution in [1.29, 1.82) is 0 Å². The molecule has 1 atom stereocenters. The number of nitrogens with zero attached hydrogens (tertiary/aromatic N) is 5. The summed E-state index contributed by atoms with van der Waals surface area (Å²) < 4.78 is 47.6. The Kier molecular flexibility index (Phi) is 7.57. The van der Waals surface area contributed by atoms with Crippen molar-refractivity contribution < 1.29 is 22.3 Å². The van der Waals surface area contributed by atoms with Gasteiger partial charge < -0.3 is 20.3 Å². The molecule has 2 aromatic carbocycles. The first-order valence-electron chi connectivity index (χ1n) is 13.7. The summed E-state index contributed by atoms with van der Waals surface area (Å²) in [5.74, 6) is 0.245. The highest BCUT2D eigenvalue weighted by Crippen LogP contribution is 2.55. The number of halogens is 2. The molecular weight excluding hydrogens is 597 g/mol. The zero-order chi connectivity index (χ0) is 30.4. The zero-order valence-corrected chi connectivity index (χ0v) is 25.0. The van der Waals surface area contributed by atoms with Gasteiger partial charge in [0.1, 0.15) is 16.4 Å². The third-order valence-electron chi connectivity index (χ3n) is 7.62. The third kappa shape index (κ3) is 5.67. The van der Waals surface area contributed by atoms with Crippen molar-refractivity contribution in [2.45, 2.75) is 35.4 Å². The Morgan fingerprint density at radius 2 is 1.84 bits per heavy atom. The number of hydrogen-bond donors (Lipinski definition) is 2. The summed E-state index contributed by atoms with van der Waals surface area (Å²) in [6.07, 6.45) is 3.93. The van der Waals surface area contributed by atoms with Gasteiger partial charge in [0.15, 0.2) is 15.7 Å². The fraction of sp³-hybridized carbons (Fsp3) is 0.310. The van der Waals surface area contributed by atoms with Crippen molar-refractivity contribution in [3.63, 3.8) is 0 Å². The average Bonchev–Trinajstić information content (AvgIpc) is 3.72. The number of benzene rings is 2. The van der Waals surface area contributed by atoms with Crippen LogP contribution in [0.25, 0.3) is 11.4 Å². The molecule has 2 amide bonds. The number of urea groups is 1. The molecule has 2 aromatic heterocycles. The monoisotopic (exact) mass is 625 g/mol. The number of carbonyl (C=O) groups excluding carboxylic acids is 1. The van der Waals surface area contributed by atoms with Crippen LogP contribution in [0.1, 0.15) is 25.5 Å². The van der Waals surface area contributed by atoms with Crippen LogP contribution < -0.4 is 15.5 Å². The van der Waals surface area contributed by atoms with Gasteiger partial charge in [0.2, 0.25) is 0 Å². The topological polar surface area (TPSA) is 131 Å². The first-order valence-corrected chi connectivity index (χ1v) is 15.5. The third-order valence-corrected chi connectivity index (χ3v) is 10.4. The highest BCUT2D eigenvalue weighted by molar-refractivity contribution is 7.92. The Labute approximate surface area is 253 Å². The van der Waals surface area contributed by atoms with Crippen LogP contribution in [0.5, 0.6) is 0 Å². The van der Waals surface area contributed by atoms with E-state index >= 15 is 0 Å². The number of carbonyl (C=O) groups is 1. The highest BCUT2D eigenvalue weighted by atomic mass is 35.5. The van der Waals surface area contributed by atoms with Crippen LogP contribution >= 0.6 is 11.6 Å². The number of aryl methyl sites for hydroxylation is 1. The standard InChI is InChI=1S/C29H29ClFN7O4S/c1-18-17-42-12-11-38(18)26-14-25(29(9-10-29)43(40,41)22-7-8-24(31)23(30)13-22)35-27(36-26)19-3-5-20(6-4-19)33-28(39)34-21-15-32-37(2)16-21/h3-8,13-16,18H,9-12,17H2,1-2H3,(H2,33,34,39)/t18-/m0/s1. The van der Waals surface area contributed by atoms with E-state index in [1.54, 1.807) is 48.3 Å². The minimum Gasteiger partial charge on any atom is -0.377 e. The first kappa shape index (κ1) is 29.0. The predicted molar refractivity (Wildman–Crippen MR) is 160 cm³/mol. The Bertz CT molecular complexity index is 1790. The molecule has 2 fully saturated rings. The van der Waals surface area contributed by atoms with Gasteiger partial charge in [-0.3, -0.25) is 4.68 Å². The maximum Gasteiger partial charge on any atom is 0.323 e. The summed E-state index contributed by atoms with van der Waals surface area (Å²) in [5, 5.41) is 9.25. The van der Waals surface area contributed by atoms with E-state index < -0.39 is 26.4 Å². The van der Waals surface area contributed by atoms with Gasteiger partial charge in [-0.05, 0) is 62.2 Å². The summed E-state index contributed by atoms with van der Waals surface area (Å²) in [6, 6.07) is 11.7. The minimum atomic E-state index is -3.97. The number of sulfone groups is 1. The van der Waals surface area contributed by atoms with Gasteiger partial charge in [-0.25, -0.2) is 27.6 Å². The number of ether oxygens (including phenoxy) is 1. The summed E-state index contributed by atoms with van der Waals surface area (Å²) in [5.41, 5.74) is 2.10. The van der Waals surface area contributed by atoms with Crippen molar-refractivity contribution in [3.05, 3.63) is 77.5 Å². The molecule has 2 aliphatic rings. The molecule has 224 valence electrons. The molecule has 14 heteroatoms. The quantitative estimate of drug-likeness (QED) is 0.274. The van der Waals surface area contributed by atoms with Gasteiger partial charge in [0.05, 0.1) is 46.8 Å². The SMILES string of the molecule is C[C@H]1COCCN1c1cc(C2(S(=O)(=O)c3ccc(F)c(Cl)c3)CC2)nc(-c2ccc(NC(=O)Nc3cnn(C)c3)cc2)n1. The van der Waals surface area contributed by atoms with E-state index in [1.807, 2.05) is 6.92 Å². The minimum absolute atomic E-state index is 0.0110. The number of anilines is 3. The molecule has 0 spiro atoms. The van der Waals surface area contributed by atoms with E-state index in [1.165, 1.54) is 12.3 Å². The van der Waals surface area contributed by atoms with E-state index in [0.717, 1.165) is 12.1 Å². The fourth-order valence-electron chi connectivity index (χ4n) is 5.14. The molecule has 3 heterocycles. The van der Waals surface area contributed by atoms with E-state index in [4.69, 9.17) is 26.3 Å². The van der Waals surface area contributed by atoms with Gasteiger partial charge in [0.25, 0.3) is 0 Å².